The number of benzene rings is 4. The largest absolute Gasteiger partial charge is 0.0622 e. The molecule has 0 aliphatic rings. The monoisotopic (exact) mass is 432 g/mol. The van der Waals surface area contributed by atoms with Crippen molar-refractivity contribution < 1.29 is 0 Å². The van der Waals surface area contributed by atoms with Gasteiger partial charge in [0.25, 0.3) is 0 Å². The van der Waals surface area contributed by atoms with Gasteiger partial charge in [0.05, 0.1) is 0 Å². The van der Waals surface area contributed by atoms with Crippen molar-refractivity contribution >= 4 is 22.6 Å². The minimum atomic E-state index is 1.24. The Labute approximate surface area is 162 Å². The maximum absolute atomic E-state index is 2.37. The lowest BCUT2D eigenvalue weighted by Crippen LogP contribution is -1.86. The molecule has 0 N–H and O–H groups in total. The fourth-order valence-electron chi connectivity index (χ4n) is 3.06. The Hall–Kier alpha value is -2.39. The SMILES string of the molecule is Ic1cccc(-c2cc(-c3ccccc3)cc(-c3ccccc3)c2)c1. The van der Waals surface area contributed by atoms with Gasteiger partial charge in [0.1, 0.15) is 0 Å². The van der Waals surface area contributed by atoms with E-state index in [1.807, 2.05) is 0 Å². The summed E-state index contributed by atoms with van der Waals surface area (Å²) in [6.07, 6.45) is 0. The first kappa shape index (κ1) is 16.1. The van der Waals surface area contributed by atoms with E-state index in [9.17, 15) is 0 Å². The van der Waals surface area contributed by atoms with Crippen LogP contribution in [0, 0.1) is 3.57 Å². The Balaban J connectivity index is 1.92. The van der Waals surface area contributed by atoms with Crippen molar-refractivity contribution in [1.29, 1.82) is 0 Å². The fraction of sp³-hybridized carbons (Fsp3) is 0. The Morgan fingerprint density at radius 1 is 0.360 bits per heavy atom. The molecule has 0 saturated carbocycles. The molecule has 120 valence electrons. The average molecular weight is 432 g/mol. The van der Waals surface area contributed by atoms with Crippen LogP contribution in [0.1, 0.15) is 0 Å². The zero-order valence-corrected chi connectivity index (χ0v) is 15.9. The quantitative estimate of drug-likeness (QED) is 0.298. The molecule has 4 rings (SSSR count). The summed E-state index contributed by atoms with van der Waals surface area (Å²) < 4.78 is 1.25. The summed E-state index contributed by atoms with van der Waals surface area (Å²) in [5.41, 5.74) is 7.48. The predicted molar refractivity (Wildman–Crippen MR) is 115 cm³/mol. The second kappa shape index (κ2) is 7.24. The molecular formula is C24H17I. The highest BCUT2D eigenvalue weighted by Crippen LogP contribution is 2.33. The molecule has 0 heterocycles. The lowest BCUT2D eigenvalue weighted by atomic mass is 9.93. The third-order valence-electron chi connectivity index (χ3n) is 4.31. The predicted octanol–water partition coefficient (Wildman–Crippen LogP) is 7.29. The Bertz CT molecular complexity index is 931. The van der Waals surface area contributed by atoms with Gasteiger partial charge >= 0.3 is 0 Å². The van der Waals surface area contributed by atoms with Crippen molar-refractivity contribution in [2.75, 3.05) is 0 Å². The second-order valence-corrected chi connectivity index (χ2v) is 7.29. The molecule has 0 nitrogen and oxygen atoms in total. The van der Waals surface area contributed by atoms with Crippen molar-refractivity contribution in [2.45, 2.75) is 0 Å². The molecule has 0 unspecified atom stereocenters. The van der Waals surface area contributed by atoms with Gasteiger partial charge in [-0.05, 0) is 86.3 Å². The first-order valence-corrected chi connectivity index (χ1v) is 9.39. The molecule has 4 aromatic rings. The van der Waals surface area contributed by atoms with Crippen LogP contribution in [-0.4, -0.2) is 0 Å². The van der Waals surface area contributed by atoms with Crippen LogP contribution < -0.4 is 0 Å². The van der Waals surface area contributed by atoms with Crippen molar-refractivity contribution in [3.63, 3.8) is 0 Å². The molecule has 25 heavy (non-hydrogen) atoms. The number of rotatable bonds is 3. The Kier molecular flexibility index (Phi) is 4.66. The highest BCUT2D eigenvalue weighted by molar-refractivity contribution is 14.1. The first-order chi connectivity index (χ1) is 12.3. The number of hydrogen-bond donors (Lipinski definition) is 0. The van der Waals surface area contributed by atoms with Gasteiger partial charge in [-0.3, -0.25) is 0 Å². The fourth-order valence-corrected chi connectivity index (χ4v) is 3.60. The highest BCUT2D eigenvalue weighted by Gasteiger charge is 2.07. The van der Waals surface area contributed by atoms with E-state index in [0.29, 0.717) is 0 Å². The lowest BCUT2D eigenvalue weighted by molar-refractivity contribution is 1.55. The normalized spacial score (nSPS) is 10.6. The van der Waals surface area contributed by atoms with Gasteiger partial charge in [-0.1, -0.05) is 72.8 Å². The molecule has 0 atom stereocenters. The molecular weight excluding hydrogens is 415 g/mol. The smallest absolute Gasteiger partial charge is 0.0136 e. The van der Waals surface area contributed by atoms with E-state index in [-0.39, 0.29) is 0 Å². The van der Waals surface area contributed by atoms with Crippen molar-refractivity contribution in [1.82, 2.24) is 0 Å². The maximum atomic E-state index is 2.37. The first-order valence-electron chi connectivity index (χ1n) is 8.31. The van der Waals surface area contributed by atoms with Crippen LogP contribution in [0.5, 0.6) is 0 Å². The standard InChI is InChI=1S/C24H17I/c25-24-13-7-12-20(17-24)23-15-21(18-8-3-1-4-9-18)14-22(16-23)19-10-5-2-6-11-19/h1-17H. The Morgan fingerprint density at radius 2 is 0.800 bits per heavy atom. The molecule has 0 aliphatic carbocycles. The van der Waals surface area contributed by atoms with E-state index in [2.05, 4.69) is 126 Å². The third-order valence-corrected chi connectivity index (χ3v) is 4.98. The number of halogens is 1. The third kappa shape index (κ3) is 3.67. The van der Waals surface area contributed by atoms with Crippen LogP contribution in [0.2, 0.25) is 0 Å². The average Bonchev–Trinajstić information content (AvgIpc) is 2.69. The van der Waals surface area contributed by atoms with E-state index in [4.69, 9.17) is 0 Å². The zero-order chi connectivity index (χ0) is 17.1. The molecule has 0 bridgehead atoms. The maximum Gasteiger partial charge on any atom is 0.0136 e. The molecule has 0 aromatic heterocycles. The number of hydrogen-bond acceptors (Lipinski definition) is 0. The van der Waals surface area contributed by atoms with E-state index in [0.717, 1.165) is 0 Å². The van der Waals surface area contributed by atoms with Crippen LogP contribution in [0.3, 0.4) is 0 Å². The second-order valence-electron chi connectivity index (χ2n) is 6.04. The van der Waals surface area contributed by atoms with E-state index >= 15 is 0 Å². The molecule has 0 fully saturated rings. The van der Waals surface area contributed by atoms with Crippen LogP contribution in [0.4, 0.5) is 0 Å². The van der Waals surface area contributed by atoms with Crippen molar-refractivity contribution in [2.24, 2.45) is 0 Å². The summed E-state index contributed by atoms with van der Waals surface area (Å²) in [4.78, 5) is 0. The van der Waals surface area contributed by atoms with Gasteiger partial charge < -0.3 is 0 Å². The summed E-state index contributed by atoms with van der Waals surface area (Å²) in [6.45, 7) is 0. The molecule has 0 spiro atoms. The summed E-state index contributed by atoms with van der Waals surface area (Å²) >= 11 is 2.37. The summed E-state index contributed by atoms with van der Waals surface area (Å²) in [6, 6.07) is 36.7. The summed E-state index contributed by atoms with van der Waals surface area (Å²) in [5.74, 6) is 0. The van der Waals surface area contributed by atoms with Crippen LogP contribution in [0.25, 0.3) is 33.4 Å². The van der Waals surface area contributed by atoms with Crippen LogP contribution in [-0.2, 0) is 0 Å². The molecule has 1 heteroatoms. The van der Waals surface area contributed by atoms with Crippen molar-refractivity contribution in [3.05, 3.63) is 107 Å². The van der Waals surface area contributed by atoms with E-state index in [1.54, 1.807) is 0 Å². The molecule has 0 radical (unpaired) electrons. The molecule has 0 saturated heterocycles. The van der Waals surface area contributed by atoms with Crippen LogP contribution in [0.15, 0.2) is 103 Å². The van der Waals surface area contributed by atoms with Crippen molar-refractivity contribution in [3.8, 4) is 33.4 Å². The van der Waals surface area contributed by atoms with Crippen LogP contribution >= 0.6 is 22.6 Å². The summed E-state index contributed by atoms with van der Waals surface area (Å²) in [7, 11) is 0. The van der Waals surface area contributed by atoms with Gasteiger partial charge in [0.2, 0.25) is 0 Å². The molecule has 0 aliphatic heterocycles. The van der Waals surface area contributed by atoms with E-state index in [1.165, 1.54) is 37.0 Å². The van der Waals surface area contributed by atoms with Gasteiger partial charge in [-0.15, -0.1) is 0 Å². The minimum absolute atomic E-state index is 1.24. The van der Waals surface area contributed by atoms with Gasteiger partial charge in [-0.25, -0.2) is 0 Å². The van der Waals surface area contributed by atoms with E-state index < -0.39 is 0 Å². The molecule has 4 aromatic carbocycles. The minimum Gasteiger partial charge on any atom is -0.0622 e. The summed E-state index contributed by atoms with van der Waals surface area (Å²) in [5, 5.41) is 0. The highest BCUT2D eigenvalue weighted by atomic mass is 127. The van der Waals surface area contributed by atoms with Gasteiger partial charge in [0.15, 0.2) is 0 Å². The zero-order valence-electron chi connectivity index (χ0n) is 13.7. The van der Waals surface area contributed by atoms with Gasteiger partial charge in [0, 0.05) is 3.57 Å². The Morgan fingerprint density at radius 3 is 1.28 bits per heavy atom. The molecule has 0 amide bonds. The topological polar surface area (TPSA) is 0 Å². The lowest BCUT2D eigenvalue weighted by Gasteiger charge is -2.11. The van der Waals surface area contributed by atoms with Gasteiger partial charge in [-0.2, -0.15) is 0 Å².